The molecule has 20 heavy (non-hydrogen) atoms. The minimum absolute atomic E-state index is 0.0453. The molecule has 3 N–H and O–H groups in total. The number of ether oxygens (including phenoxy) is 2. The zero-order chi connectivity index (χ0) is 14.4. The van der Waals surface area contributed by atoms with Crippen LogP contribution >= 0.6 is 11.8 Å². The number of carbonyl (C=O) groups is 1. The van der Waals surface area contributed by atoms with Crippen LogP contribution in [0.15, 0.2) is 18.2 Å². The summed E-state index contributed by atoms with van der Waals surface area (Å²) in [4.78, 5) is 11.9. The lowest BCUT2D eigenvalue weighted by Crippen LogP contribution is -2.17. The highest BCUT2D eigenvalue weighted by Gasteiger charge is 2.16. The molecule has 0 aliphatic carbocycles. The Kier molecular flexibility index (Phi) is 5.55. The van der Waals surface area contributed by atoms with Crippen LogP contribution < -0.4 is 15.8 Å². The molecule has 1 aliphatic rings. The van der Waals surface area contributed by atoms with Gasteiger partial charge in [-0.25, -0.2) is 0 Å². The highest BCUT2D eigenvalue weighted by Crippen LogP contribution is 2.26. The molecule has 1 fully saturated rings. The van der Waals surface area contributed by atoms with Gasteiger partial charge in [0, 0.05) is 24.1 Å². The third-order valence-electron chi connectivity index (χ3n) is 3.06. The molecule has 0 aromatic heterocycles. The Morgan fingerprint density at radius 2 is 2.45 bits per heavy atom. The van der Waals surface area contributed by atoms with Gasteiger partial charge in [0.25, 0.3) is 0 Å². The van der Waals surface area contributed by atoms with E-state index in [2.05, 4.69) is 5.32 Å². The molecule has 1 saturated heterocycles. The molecular formula is C14H20N2O3S. The van der Waals surface area contributed by atoms with Crippen molar-refractivity contribution in [3.63, 3.8) is 0 Å². The van der Waals surface area contributed by atoms with Gasteiger partial charge in [0.1, 0.15) is 5.75 Å². The number of nitrogens with two attached hydrogens (primary N) is 1. The lowest BCUT2D eigenvalue weighted by molar-refractivity contribution is -0.113. The number of carbonyl (C=O) groups excluding carboxylic acids is 1. The Hall–Kier alpha value is -1.40. The number of nitrogen functional groups attached to an aromatic ring is 1. The number of amides is 1. The highest BCUT2D eigenvalue weighted by atomic mass is 32.2. The maximum absolute atomic E-state index is 11.9. The molecule has 1 atom stereocenters. The van der Waals surface area contributed by atoms with Gasteiger partial charge >= 0.3 is 0 Å². The first-order valence-corrected chi connectivity index (χ1v) is 7.77. The van der Waals surface area contributed by atoms with Crippen LogP contribution in [0.25, 0.3) is 0 Å². The van der Waals surface area contributed by atoms with Gasteiger partial charge in [-0.3, -0.25) is 4.79 Å². The zero-order valence-electron chi connectivity index (χ0n) is 11.6. The van der Waals surface area contributed by atoms with E-state index in [-0.39, 0.29) is 5.91 Å². The molecule has 0 radical (unpaired) electrons. The van der Waals surface area contributed by atoms with Crippen LogP contribution in [0.3, 0.4) is 0 Å². The number of benzene rings is 1. The Bertz CT molecular complexity index is 462. The summed E-state index contributed by atoms with van der Waals surface area (Å²) in [5.41, 5.74) is 6.92. The topological polar surface area (TPSA) is 73.6 Å². The Morgan fingerprint density at radius 3 is 3.15 bits per heavy atom. The maximum atomic E-state index is 11.9. The second-order valence-electron chi connectivity index (χ2n) is 4.66. The lowest BCUT2D eigenvalue weighted by Gasteiger charge is -2.11. The van der Waals surface area contributed by atoms with Crippen molar-refractivity contribution < 1.29 is 14.3 Å². The predicted molar refractivity (Wildman–Crippen MR) is 82.3 cm³/mol. The van der Waals surface area contributed by atoms with Gasteiger partial charge in [0.05, 0.1) is 24.7 Å². The van der Waals surface area contributed by atoms with E-state index in [0.717, 1.165) is 25.2 Å². The monoisotopic (exact) mass is 296 g/mol. The minimum atomic E-state index is -0.0453. The Balaban J connectivity index is 1.78. The van der Waals surface area contributed by atoms with E-state index in [4.69, 9.17) is 15.2 Å². The van der Waals surface area contributed by atoms with Crippen molar-refractivity contribution in [2.75, 3.05) is 36.3 Å². The van der Waals surface area contributed by atoms with E-state index in [1.807, 2.05) is 0 Å². The number of hydrogen-bond donors (Lipinski definition) is 2. The molecular weight excluding hydrogens is 276 g/mol. The van der Waals surface area contributed by atoms with Gasteiger partial charge in [0.2, 0.25) is 5.91 Å². The summed E-state index contributed by atoms with van der Waals surface area (Å²) >= 11 is 1.59. The molecule has 0 saturated carbocycles. The quantitative estimate of drug-likeness (QED) is 0.787. The molecule has 1 aromatic rings. The van der Waals surface area contributed by atoms with Gasteiger partial charge in [-0.1, -0.05) is 0 Å². The molecule has 1 amide bonds. The molecule has 1 aliphatic heterocycles. The number of methoxy groups -OCH3 is 1. The average Bonchev–Trinajstić information content (AvgIpc) is 2.94. The first kappa shape index (κ1) is 15.0. The van der Waals surface area contributed by atoms with E-state index in [0.29, 0.717) is 29.0 Å². The molecule has 0 bridgehead atoms. The molecule has 1 unspecified atom stereocenters. The Labute approximate surface area is 123 Å². The first-order valence-electron chi connectivity index (χ1n) is 6.61. The third-order valence-corrected chi connectivity index (χ3v) is 4.13. The summed E-state index contributed by atoms with van der Waals surface area (Å²) in [6.07, 6.45) is 2.53. The number of rotatable bonds is 6. The fraction of sp³-hybridized carbons (Fsp3) is 0.500. The summed E-state index contributed by atoms with van der Waals surface area (Å²) in [7, 11) is 1.55. The van der Waals surface area contributed by atoms with Crippen molar-refractivity contribution in [3.05, 3.63) is 18.2 Å². The Morgan fingerprint density at radius 1 is 1.60 bits per heavy atom. The van der Waals surface area contributed by atoms with Gasteiger partial charge < -0.3 is 20.5 Å². The summed E-state index contributed by atoms with van der Waals surface area (Å²) in [5, 5.41) is 2.83. The summed E-state index contributed by atoms with van der Waals surface area (Å²) in [6.45, 7) is 0.847. The van der Waals surface area contributed by atoms with Gasteiger partial charge in [-0.15, -0.1) is 11.8 Å². The lowest BCUT2D eigenvalue weighted by atomic mass is 10.2. The van der Waals surface area contributed by atoms with E-state index >= 15 is 0 Å². The van der Waals surface area contributed by atoms with Crippen LogP contribution in [-0.4, -0.2) is 37.2 Å². The van der Waals surface area contributed by atoms with Crippen molar-refractivity contribution in [1.29, 1.82) is 0 Å². The van der Waals surface area contributed by atoms with Crippen LogP contribution in [0, 0.1) is 0 Å². The van der Waals surface area contributed by atoms with Gasteiger partial charge in [-0.2, -0.15) is 0 Å². The van der Waals surface area contributed by atoms with E-state index < -0.39 is 0 Å². The third kappa shape index (κ3) is 4.31. The van der Waals surface area contributed by atoms with Crippen molar-refractivity contribution in [3.8, 4) is 5.75 Å². The molecule has 1 aromatic carbocycles. The minimum Gasteiger partial charge on any atom is -0.494 e. The zero-order valence-corrected chi connectivity index (χ0v) is 12.4. The van der Waals surface area contributed by atoms with Crippen molar-refractivity contribution in [1.82, 2.24) is 0 Å². The van der Waals surface area contributed by atoms with Crippen molar-refractivity contribution in [2.24, 2.45) is 0 Å². The van der Waals surface area contributed by atoms with Crippen molar-refractivity contribution >= 4 is 29.0 Å². The van der Waals surface area contributed by atoms with Gasteiger partial charge in [0.15, 0.2) is 0 Å². The van der Waals surface area contributed by atoms with Gasteiger partial charge in [-0.05, 0) is 25.0 Å². The molecule has 110 valence electrons. The normalized spacial score (nSPS) is 17.9. The summed E-state index contributed by atoms with van der Waals surface area (Å²) in [5.74, 6) is 1.80. The van der Waals surface area contributed by atoms with Crippen LogP contribution in [0.5, 0.6) is 5.75 Å². The predicted octanol–water partition coefficient (Wildman–Crippen LogP) is 2.13. The summed E-state index contributed by atoms with van der Waals surface area (Å²) < 4.78 is 10.7. The first-order chi connectivity index (χ1) is 9.69. The van der Waals surface area contributed by atoms with E-state index in [9.17, 15) is 4.79 Å². The molecule has 2 rings (SSSR count). The average molecular weight is 296 g/mol. The fourth-order valence-corrected chi connectivity index (χ4v) is 2.96. The van der Waals surface area contributed by atoms with Crippen molar-refractivity contribution in [2.45, 2.75) is 18.9 Å². The highest BCUT2D eigenvalue weighted by molar-refractivity contribution is 8.00. The maximum Gasteiger partial charge on any atom is 0.234 e. The number of thioether (sulfide) groups is 1. The standard InChI is InChI=1S/C14H20N2O3S/c1-18-13-7-10(15)4-5-12(13)16-14(17)9-20-8-11-3-2-6-19-11/h4-5,7,11H,2-3,6,8-9,15H2,1H3,(H,16,17). The fourth-order valence-electron chi connectivity index (χ4n) is 2.06. The smallest absolute Gasteiger partial charge is 0.234 e. The second kappa shape index (κ2) is 7.40. The van der Waals surface area contributed by atoms with E-state index in [1.165, 1.54) is 0 Å². The number of nitrogens with one attached hydrogen (secondary N) is 1. The van der Waals surface area contributed by atoms with E-state index in [1.54, 1.807) is 37.1 Å². The molecule has 5 nitrogen and oxygen atoms in total. The molecule has 1 heterocycles. The molecule has 6 heteroatoms. The number of hydrogen-bond acceptors (Lipinski definition) is 5. The van der Waals surface area contributed by atoms with Crippen LogP contribution in [0.4, 0.5) is 11.4 Å². The second-order valence-corrected chi connectivity index (χ2v) is 5.69. The summed E-state index contributed by atoms with van der Waals surface area (Å²) in [6, 6.07) is 5.17. The largest absolute Gasteiger partial charge is 0.494 e. The van der Waals surface area contributed by atoms with Crippen LogP contribution in [0.2, 0.25) is 0 Å². The SMILES string of the molecule is COc1cc(N)ccc1NC(=O)CSCC1CCCO1. The van der Waals surface area contributed by atoms with Crippen LogP contribution in [-0.2, 0) is 9.53 Å². The van der Waals surface area contributed by atoms with Crippen LogP contribution in [0.1, 0.15) is 12.8 Å². The molecule has 0 spiro atoms. The number of anilines is 2.